The molecule has 0 aromatic heterocycles. The summed E-state index contributed by atoms with van der Waals surface area (Å²) >= 11 is 0. The third-order valence-electron chi connectivity index (χ3n) is 0. The van der Waals surface area contributed by atoms with Crippen molar-refractivity contribution in [2.24, 2.45) is 0 Å². The van der Waals surface area contributed by atoms with Gasteiger partial charge >= 0.3 is 120 Å². The molecule has 0 saturated heterocycles. The van der Waals surface area contributed by atoms with Gasteiger partial charge < -0.3 is 8.56 Å². The average molecular weight is 311 g/mol. The van der Waals surface area contributed by atoms with E-state index in [2.05, 4.69) is 0 Å². The third kappa shape index (κ3) is 23.1. The summed E-state index contributed by atoms with van der Waals surface area (Å²) in [5, 5.41) is 0. The van der Waals surface area contributed by atoms with Crippen LogP contribution >= 0.6 is 0 Å². The molecule has 0 rings (SSSR count). The van der Waals surface area contributed by atoms with Gasteiger partial charge in [-0.1, -0.05) is 0 Å². The van der Waals surface area contributed by atoms with Crippen LogP contribution in [0, 0.1) is 0 Å². The molecule has 0 unspecified atom stereocenters. The fourth-order valence-electron chi connectivity index (χ4n) is 0. The molecule has 0 heterocycles. The number of hydrogen-bond donors (Lipinski definition) is 0. The first-order valence-electron chi connectivity index (χ1n) is 0. The molecule has 6 heavy (non-hydrogen) atoms. The van der Waals surface area contributed by atoms with Crippen molar-refractivity contribution < 1.29 is 90.5 Å². The monoisotopic (exact) mass is 311 g/mol. The van der Waals surface area contributed by atoms with Crippen molar-refractivity contribution in [3.8, 4) is 0 Å². The van der Waals surface area contributed by atoms with Crippen molar-refractivity contribution in [1.82, 2.24) is 0 Å². The van der Waals surface area contributed by atoms with Crippen LogP contribution in [0.15, 0.2) is 0 Å². The summed E-state index contributed by atoms with van der Waals surface area (Å²) in [7, 11) is 0. The second-order valence-electron chi connectivity index (χ2n) is 0. The molecule has 0 bridgehead atoms. The van der Waals surface area contributed by atoms with Gasteiger partial charge in [-0.2, -0.15) is 0 Å². The first-order valence-corrected chi connectivity index (χ1v) is 0. The summed E-state index contributed by atoms with van der Waals surface area (Å²) in [5.41, 5.74) is 0. The van der Waals surface area contributed by atoms with Crippen molar-refractivity contribution in [3.05, 3.63) is 0 Å². The van der Waals surface area contributed by atoms with E-state index in [9.17, 15) is 0 Å². The molecule has 0 aliphatic carbocycles. The zero-order valence-corrected chi connectivity index (χ0v) is 14.1. The molecule has 0 atom stereocenters. The number of hydrogen-bond acceptors (Lipinski definition) is 0. The quantitative estimate of drug-likeness (QED) is 0.391. The summed E-state index contributed by atoms with van der Waals surface area (Å²) in [4.78, 5) is 0. The SMILES string of the molecule is [Ba+2].[H-].[H-].[H-].[H-].[H-].[H-].[Li+].[Mg+2].[Mn].[Na+].[Ni]. The Balaban J connectivity index is 0. The second-order valence-corrected chi connectivity index (χ2v) is 0. The minimum absolute atomic E-state index is 0. The van der Waals surface area contributed by atoms with Crippen molar-refractivity contribution in [3.63, 3.8) is 0 Å². The molecule has 6 heteroatoms. The van der Waals surface area contributed by atoms with Gasteiger partial charge in [0, 0.05) is 33.6 Å². The van der Waals surface area contributed by atoms with Gasteiger partial charge in [0.2, 0.25) is 0 Å². The predicted molar refractivity (Wildman–Crippen MR) is 18.2 cm³/mol. The van der Waals surface area contributed by atoms with Gasteiger partial charge in [0.1, 0.15) is 0 Å². The van der Waals surface area contributed by atoms with E-state index >= 15 is 0 Å². The van der Waals surface area contributed by atoms with E-state index in [0.29, 0.717) is 0 Å². The second kappa shape index (κ2) is 32.5. The first-order chi connectivity index (χ1) is 0. The molecule has 0 aromatic carbocycles. The Hall–Kier alpha value is 4.95. The minimum Gasteiger partial charge on any atom is -1.00 e. The van der Waals surface area contributed by atoms with Crippen LogP contribution in [0.3, 0.4) is 0 Å². The summed E-state index contributed by atoms with van der Waals surface area (Å²) in [6, 6.07) is 0. The third-order valence-corrected chi connectivity index (χ3v) is 0. The Morgan fingerprint density at radius 2 is 1.17 bits per heavy atom. The predicted octanol–water partition coefficient (Wildman–Crippen LogP) is -6.08. The minimum atomic E-state index is 0. The molecule has 0 aliphatic rings. The Morgan fingerprint density at radius 3 is 1.17 bits per heavy atom. The van der Waals surface area contributed by atoms with Crippen LogP contribution in [0.1, 0.15) is 8.56 Å². The largest absolute Gasteiger partial charge is 2.00 e. The maximum Gasteiger partial charge on any atom is 2.00 e. The standard InChI is InChI=1S/Ba.Li.Mg.Mn.Na.Ni.6H/q+2;+1;+2;;+1;;6*-1. The summed E-state index contributed by atoms with van der Waals surface area (Å²) in [5.74, 6) is 0. The van der Waals surface area contributed by atoms with Gasteiger partial charge in [-0.25, -0.2) is 0 Å². The Bertz CT molecular complexity index is 27.5. The summed E-state index contributed by atoms with van der Waals surface area (Å²) in [6.45, 7) is 0. The summed E-state index contributed by atoms with van der Waals surface area (Å²) in [6.07, 6.45) is 0. The van der Waals surface area contributed by atoms with Crippen LogP contribution in [0.25, 0.3) is 0 Å². The smallest absolute Gasteiger partial charge is 1.00 e. The van der Waals surface area contributed by atoms with E-state index in [-0.39, 0.29) is 162 Å². The van der Waals surface area contributed by atoms with Crippen LogP contribution in [0.2, 0.25) is 0 Å². The normalized spacial score (nSPS) is 0. The molecular weight excluding hydrogens is 305 g/mol. The van der Waals surface area contributed by atoms with Crippen LogP contribution in [0.4, 0.5) is 0 Å². The van der Waals surface area contributed by atoms with Gasteiger partial charge in [-0.3, -0.25) is 0 Å². The molecule has 0 fully saturated rings. The van der Waals surface area contributed by atoms with Crippen LogP contribution in [-0.4, -0.2) is 71.9 Å². The molecule has 0 nitrogen and oxygen atoms in total. The topological polar surface area (TPSA) is 0 Å². The maximum atomic E-state index is 0. The van der Waals surface area contributed by atoms with Crippen molar-refractivity contribution in [2.75, 3.05) is 0 Å². The molecule has 0 amide bonds. The zero-order chi connectivity index (χ0) is 0. The molecule has 0 saturated carbocycles. The fourth-order valence-corrected chi connectivity index (χ4v) is 0. The van der Waals surface area contributed by atoms with Gasteiger partial charge in [-0.15, -0.1) is 0 Å². The van der Waals surface area contributed by atoms with E-state index in [4.69, 9.17) is 0 Å². The molecule has 29 valence electrons. The van der Waals surface area contributed by atoms with Gasteiger partial charge in [0.05, 0.1) is 0 Å². The van der Waals surface area contributed by atoms with Crippen LogP contribution < -0.4 is 48.4 Å². The maximum absolute atomic E-state index is 0. The van der Waals surface area contributed by atoms with Crippen molar-refractivity contribution >= 4 is 71.9 Å². The number of rotatable bonds is 0. The van der Waals surface area contributed by atoms with Crippen molar-refractivity contribution in [1.29, 1.82) is 0 Å². The first kappa shape index (κ1) is 44.3. The molecule has 0 aromatic rings. The molecular formula is H6BaLiMgMnNaNi. The zero-order valence-electron chi connectivity index (χ0n) is 10.1. The van der Waals surface area contributed by atoms with Crippen LogP contribution in [0.5, 0.6) is 0 Å². The van der Waals surface area contributed by atoms with Crippen LogP contribution in [-0.2, 0) is 33.6 Å². The molecule has 0 spiro atoms. The van der Waals surface area contributed by atoms with E-state index in [1.54, 1.807) is 0 Å². The fraction of sp³-hybridized carbons (Fsp3) is 0. The summed E-state index contributed by atoms with van der Waals surface area (Å²) < 4.78 is 0. The molecule has 0 N–H and O–H groups in total. The van der Waals surface area contributed by atoms with E-state index in [1.165, 1.54) is 0 Å². The van der Waals surface area contributed by atoms with Crippen molar-refractivity contribution in [2.45, 2.75) is 0 Å². The van der Waals surface area contributed by atoms with Gasteiger partial charge in [0.15, 0.2) is 0 Å². The van der Waals surface area contributed by atoms with Gasteiger partial charge in [-0.05, 0) is 0 Å². The van der Waals surface area contributed by atoms with E-state index < -0.39 is 0 Å². The van der Waals surface area contributed by atoms with E-state index in [0.717, 1.165) is 0 Å². The molecule has 0 aliphatic heterocycles. The van der Waals surface area contributed by atoms with Gasteiger partial charge in [0.25, 0.3) is 0 Å². The Kier molecular flexibility index (Phi) is 240. The molecule has 1 radical (unpaired) electrons. The average Bonchev–Trinajstić information content (AvgIpc) is 0. The Morgan fingerprint density at radius 1 is 1.17 bits per heavy atom. The van der Waals surface area contributed by atoms with E-state index in [1.807, 2.05) is 0 Å². The Labute approximate surface area is 158 Å².